The van der Waals surface area contributed by atoms with Gasteiger partial charge in [0.15, 0.2) is 6.10 Å². The molecule has 2 aliphatic heterocycles. The third-order valence-corrected chi connectivity index (χ3v) is 6.16. The monoisotopic (exact) mass is 559 g/mol. The SMILES string of the molecule is O=C1O[C@H](c2cc(C(F)(F)F)cc(C(F)(F)F)c2)[C@@H]2C=C[C@@H](c3cc(C(F)(F)F)ccc3Br)N12. The summed E-state index contributed by atoms with van der Waals surface area (Å²) in [6, 6.07) is 1.38. The Hall–Kier alpha value is -2.70. The average molecular weight is 560 g/mol. The van der Waals surface area contributed by atoms with Crippen LogP contribution < -0.4 is 0 Å². The normalized spacial score (nSPS) is 22.8. The molecule has 3 nitrogen and oxygen atoms in total. The predicted octanol–water partition coefficient (Wildman–Crippen LogP) is 7.68. The van der Waals surface area contributed by atoms with E-state index in [1.807, 2.05) is 0 Å². The van der Waals surface area contributed by atoms with Gasteiger partial charge in [0.25, 0.3) is 0 Å². The van der Waals surface area contributed by atoms with Crippen LogP contribution in [0.1, 0.15) is 40.0 Å². The molecule has 1 saturated heterocycles. The highest BCUT2D eigenvalue weighted by atomic mass is 79.9. The van der Waals surface area contributed by atoms with Gasteiger partial charge in [-0.05, 0) is 47.5 Å². The van der Waals surface area contributed by atoms with Crippen molar-refractivity contribution >= 4 is 22.0 Å². The molecule has 2 heterocycles. The number of hydrogen-bond donors (Lipinski definition) is 0. The largest absolute Gasteiger partial charge is 0.439 e. The molecule has 0 unspecified atom stereocenters. The number of cyclic esters (lactones) is 1. The van der Waals surface area contributed by atoms with Crippen LogP contribution in [-0.2, 0) is 23.3 Å². The molecular weight excluding hydrogens is 549 g/mol. The van der Waals surface area contributed by atoms with Gasteiger partial charge in [-0.2, -0.15) is 39.5 Å². The van der Waals surface area contributed by atoms with Gasteiger partial charge in [-0.3, -0.25) is 4.90 Å². The summed E-state index contributed by atoms with van der Waals surface area (Å²) in [5.74, 6) is 0. The fraction of sp³-hybridized carbons (Fsp3) is 0.286. The van der Waals surface area contributed by atoms with Crippen LogP contribution in [-0.4, -0.2) is 17.0 Å². The Morgan fingerprint density at radius 1 is 0.765 bits per heavy atom. The molecule has 0 bridgehead atoms. The molecule has 4 rings (SSSR count). The fourth-order valence-electron chi connectivity index (χ4n) is 3.92. The van der Waals surface area contributed by atoms with Crippen molar-refractivity contribution < 1.29 is 49.0 Å². The van der Waals surface area contributed by atoms with Gasteiger partial charge in [0, 0.05) is 4.47 Å². The van der Waals surface area contributed by atoms with Crippen LogP contribution in [0.25, 0.3) is 0 Å². The van der Waals surface area contributed by atoms with Crippen LogP contribution in [0.2, 0.25) is 0 Å². The Labute approximate surface area is 193 Å². The molecule has 1 amide bonds. The summed E-state index contributed by atoms with van der Waals surface area (Å²) in [5, 5.41) is 0. The van der Waals surface area contributed by atoms with Gasteiger partial charge >= 0.3 is 24.6 Å². The van der Waals surface area contributed by atoms with E-state index in [0.29, 0.717) is 12.1 Å². The second-order valence-corrected chi connectivity index (χ2v) is 8.46. The van der Waals surface area contributed by atoms with Crippen molar-refractivity contribution in [2.45, 2.75) is 36.7 Å². The van der Waals surface area contributed by atoms with Gasteiger partial charge in [0.05, 0.1) is 28.8 Å². The van der Waals surface area contributed by atoms with Crippen molar-refractivity contribution in [2.24, 2.45) is 0 Å². The molecule has 0 radical (unpaired) electrons. The lowest BCUT2D eigenvalue weighted by atomic mass is 9.97. The van der Waals surface area contributed by atoms with E-state index in [-0.39, 0.29) is 16.1 Å². The van der Waals surface area contributed by atoms with Gasteiger partial charge < -0.3 is 4.74 Å². The number of amides is 1. The third kappa shape index (κ3) is 4.37. The lowest BCUT2D eigenvalue weighted by Crippen LogP contribution is -2.31. The molecule has 2 aromatic rings. The van der Waals surface area contributed by atoms with Crippen molar-refractivity contribution in [1.29, 1.82) is 0 Å². The predicted molar refractivity (Wildman–Crippen MR) is 102 cm³/mol. The number of carbonyl (C=O) groups excluding carboxylic acids is 1. The van der Waals surface area contributed by atoms with Crippen molar-refractivity contribution in [2.75, 3.05) is 0 Å². The molecule has 0 aromatic heterocycles. The van der Waals surface area contributed by atoms with Gasteiger partial charge in [-0.15, -0.1) is 0 Å². The first-order valence-electron chi connectivity index (χ1n) is 9.40. The van der Waals surface area contributed by atoms with Gasteiger partial charge in [0.2, 0.25) is 0 Å². The summed E-state index contributed by atoms with van der Waals surface area (Å²) in [6.45, 7) is 0. The first-order chi connectivity index (χ1) is 15.6. The van der Waals surface area contributed by atoms with E-state index in [2.05, 4.69) is 15.9 Å². The maximum Gasteiger partial charge on any atom is 0.416 e. The zero-order valence-electron chi connectivity index (χ0n) is 16.4. The maximum atomic E-state index is 13.2. The Balaban J connectivity index is 1.74. The van der Waals surface area contributed by atoms with Gasteiger partial charge in [0.1, 0.15) is 0 Å². The molecule has 3 atom stereocenters. The van der Waals surface area contributed by atoms with Gasteiger partial charge in [-0.25, -0.2) is 4.79 Å². The van der Waals surface area contributed by atoms with Crippen LogP contribution in [0.4, 0.5) is 44.3 Å². The summed E-state index contributed by atoms with van der Waals surface area (Å²) in [4.78, 5) is 13.5. The maximum absolute atomic E-state index is 13.2. The number of ether oxygens (including phenoxy) is 1. The zero-order chi connectivity index (χ0) is 25.2. The van der Waals surface area contributed by atoms with Gasteiger partial charge in [-0.1, -0.05) is 28.1 Å². The van der Waals surface area contributed by atoms with E-state index in [9.17, 15) is 44.3 Å². The van der Waals surface area contributed by atoms with E-state index in [1.165, 1.54) is 12.2 Å². The zero-order valence-corrected chi connectivity index (χ0v) is 18.0. The van der Waals surface area contributed by atoms with Crippen LogP contribution in [0.5, 0.6) is 0 Å². The van der Waals surface area contributed by atoms with Crippen molar-refractivity contribution in [1.82, 2.24) is 4.90 Å². The fourth-order valence-corrected chi connectivity index (χ4v) is 4.40. The second kappa shape index (κ2) is 7.92. The first kappa shape index (κ1) is 24.4. The Kier molecular flexibility index (Phi) is 5.69. The number of halogens is 10. The standard InChI is InChI=1S/C21H11BrF9NO2/c22-14-2-1-10(19(23,24)25)8-13(14)15-3-4-16-17(34-18(33)32(15)16)9-5-11(20(26,27)28)7-12(6-9)21(29,30)31/h1-8,15-17H/t15-,16-,17+/m0/s1. The molecule has 182 valence electrons. The van der Waals surface area contributed by atoms with Crippen LogP contribution >= 0.6 is 15.9 Å². The smallest absolute Gasteiger partial charge is 0.416 e. The number of nitrogens with zero attached hydrogens (tertiary/aromatic N) is 1. The molecule has 34 heavy (non-hydrogen) atoms. The lowest BCUT2D eigenvalue weighted by Gasteiger charge is -2.25. The summed E-state index contributed by atoms with van der Waals surface area (Å²) in [5.41, 5.74) is -4.68. The summed E-state index contributed by atoms with van der Waals surface area (Å²) < 4.78 is 124. The van der Waals surface area contributed by atoms with Crippen molar-refractivity contribution in [3.63, 3.8) is 0 Å². The van der Waals surface area contributed by atoms with E-state index >= 15 is 0 Å². The molecule has 1 fully saturated rings. The highest BCUT2D eigenvalue weighted by Crippen LogP contribution is 2.47. The molecule has 2 aliphatic rings. The molecule has 0 N–H and O–H groups in total. The number of benzene rings is 2. The number of carbonyl (C=O) groups is 1. The average Bonchev–Trinajstić information content (AvgIpc) is 3.27. The highest BCUT2D eigenvalue weighted by Gasteiger charge is 2.49. The van der Waals surface area contributed by atoms with Crippen LogP contribution in [0.3, 0.4) is 0 Å². The summed E-state index contributed by atoms with van der Waals surface area (Å²) in [6.07, 6.45) is -14.9. The number of rotatable bonds is 2. The molecular formula is C21H11BrF9NO2. The van der Waals surface area contributed by atoms with Crippen LogP contribution in [0, 0.1) is 0 Å². The third-order valence-electron chi connectivity index (χ3n) is 5.44. The second-order valence-electron chi connectivity index (χ2n) is 7.61. The van der Waals surface area contributed by atoms with Crippen molar-refractivity contribution in [3.05, 3.63) is 80.8 Å². The summed E-state index contributed by atoms with van der Waals surface area (Å²) >= 11 is 3.12. The van der Waals surface area contributed by atoms with E-state index in [1.54, 1.807) is 0 Å². The number of alkyl halides is 9. The Morgan fingerprint density at radius 2 is 1.32 bits per heavy atom. The van der Waals surface area contributed by atoms with E-state index < -0.39 is 65.1 Å². The van der Waals surface area contributed by atoms with Crippen molar-refractivity contribution in [3.8, 4) is 0 Å². The quantitative estimate of drug-likeness (QED) is 0.279. The molecule has 0 saturated carbocycles. The Bertz CT molecular complexity index is 1140. The lowest BCUT2D eigenvalue weighted by molar-refractivity contribution is -0.143. The molecule has 2 aromatic carbocycles. The number of fused-ring (bicyclic) bond motifs is 1. The summed E-state index contributed by atoms with van der Waals surface area (Å²) in [7, 11) is 0. The minimum Gasteiger partial charge on any atom is -0.439 e. The van der Waals surface area contributed by atoms with Crippen LogP contribution in [0.15, 0.2) is 53.0 Å². The molecule has 0 spiro atoms. The Morgan fingerprint density at radius 3 is 1.85 bits per heavy atom. The molecule has 0 aliphatic carbocycles. The first-order valence-corrected chi connectivity index (χ1v) is 10.2. The minimum absolute atomic E-state index is 0.0196. The van der Waals surface area contributed by atoms with E-state index in [0.717, 1.165) is 23.1 Å². The van der Waals surface area contributed by atoms with E-state index in [4.69, 9.17) is 4.74 Å². The minimum atomic E-state index is -5.10. The molecule has 13 heteroatoms. The number of hydrogen-bond acceptors (Lipinski definition) is 2. The topological polar surface area (TPSA) is 29.5 Å². The highest BCUT2D eigenvalue weighted by molar-refractivity contribution is 9.10.